The number of nitrogens with zero attached hydrogens (tertiary/aromatic N) is 3. The maximum absolute atomic E-state index is 12.3. The van der Waals surface area contributed by atoms with Gasteiger partial charge in [-0.05, 0) is 53.6 Å². The second kappa shape index (κ2) is 6.50. The fourth-order valence-electron chi connectivity index (χ4n) is 2.57. The van der Waals surface area contributed by atoms with E-state index in [4.69, 9.17) is 11.6 Å². The van der Waals surface area contributed by atoms with Crippen molar-refractivity contribution < 1.29 is 9.90 Å². The van der Waals surface area contributed by atoms with E-state index in [9.17, 15) is 9.90 Å². The summed E-state index contributed by atoms with van der Waals surface area (Å²) in [4.78, 5) is 16.6. The average molecular weight is 365 g/mol. The van der Waals surface area contributed by atoms with Crippen LogP contribution in [0.15, 0.2) is 66.9 Å². The van der Waals surface area contributed by atoms with Crippen molar-refractivity contribution in [3.63, 3.8) is 0 Å². The van der Waals surface area contributed by atoms with Crippen molar-refractivity contribution in [3.05, 3.63) is 77.4 Å². The third kappa shape index (κ3) is 3.22. The number of phenolic OH excluding ortho intramolecular Hbond substituents is 1. The van der Waals surface area contributed by atoms with Crippen LogP contribution in [0.5, 0.6) is 5.75 Å². The summed E-state index contributed by atoms with van der Waals surface area (Å²) in [6, 6.07) is 17.3. The third-order valence-corrected chi connectivity index (χ3v) is 4.09. The Balaban J connectivity index is 1.61. The second-order valence-corrected chi connectivity index (χ2v) is 6.10. The van der Waals surface area contributed by atoms with Crippen LogP contribution in [-0.2, 0) is 0 Å². The van der Waals surface area contributed by atoms with Gasteiger partial charge in [-0.1, -0.05) is 29.8 Å². The normalized spacial score (nSPS) is 10.8. The van der Waals surface area contributed by atoms with Gasteiger partial charge in [0.2, 0.25) is 5.95 Å². The van der Waals surface area contributed by atoms with Crippen molar-refractivity contribution in [3.8, 4) is 16.9 Å². The molecule has 0 aliphatic heterocycles. The lowest BCUT2D eigenvalue weighted by Gasteiger charge is -2.01. The van der Waals surface area contributed by atoms with E-state index < -0.39 is 0 Å². The Kier molecular flexibility index (Phi) is 4.02. The molecule has 0 fully saturated rings. The van der Waals surface area contributed by atoms with Gasteiger partial charge >= 0.3 is 0 Å². The minimum atomic E-state index is -0.331. The molecule has 0 radical (unpaired) electrons. The van der Waals surface area contributed by atoms with Crippen LogP contribution >= 0.6 is 11.6 Å². The first-order chi connectivity index (χ1) is 12.6. The Morgan fingerprint density at radius 2 is 1.85 bits per heavy atom. The van der Waals surface area contributed by atoms with E-state index in [-0.39, 0.29) is 17.6 Å². The standard InChI is InChI=1S/C19H13ClN4O2/c20-15-3-1-2-14(10-15)18(26)22-19-21-17-11-13(8-9-24(17)23-19)12-4-6-16(25)7-5-12/h1-11,25H,(H,22,23,26). The molecule has 0 aliphatic rings. The highest BCUT2D eigenvalue weighted by Crippen LogP contribution is 2.23. The molecule has 26 heavy (non-hydrogen) atoms. The van der Waals surface area contributed by atoms with Gasteiger partial charge in [0.1, 0.15) is 5.75 Å². The van der Waals surface area contributed by atoms with Gasteiger partial charge < -0.3 is 5.11 Å². The number of aromatic nitrogens is 3. The molecule has 2 heterocycles. The van der Waals surface area contributed by atoms with Crippen LogP contribution < -0.4 is 5.32 Å². The summed E-state index contributed by atoms with van der Waals surface area (Å²) in [7, 11) is 0. The van der Waals surface area contributed by atoms with Crippen LogP contribution in [0.2, 0.25) is 5.02 Å². The van der Waals surface area contributed by atoms with Gasteiger partial charge in [-0.2, -0.15) is 4.98 Å². The van der Waals surface area contributed by atoms with E-state index in [0.717, 1.165) is 11.1 Å². The van der Waals surface area contributed by atoms with Crippen LogP contribution in [0, 0.1) is 0 Å². The third-order valence-electron chi connectivity index (χ3n) is 3.85. The fraction of sp³-hybridized carbons (Fsp3) is 0. The van der Waals surface area contributed by atoms with E-state index in [1.54, 1.807) is 47.1 Å². The summed E-state index contributed by atoms with van der Waals surface area (Å²) in [5.41, 5.74) is 2.90. The molecule has 2 aromatic carbocycles. The van der Waals surface area contributed by atoms with E-state index in [1.807, 2.05) is 24.3 Å². The van der Waals surface area contributed by atoms with Gasteiger partial charge in [0.25, 0.3) is 5.91 Å². The number of hydrogen-bond acceptors (Lipinski definition) is 4. The first kappa shape index (κ1) is 16.1. The molecule has 2 aromatic heterocycles. The summed E-state index contributed by atoms with van der Waals surface area (Å²) in [5.74, 6) is 0.0864. The number of carbonyl (C=O) groups excluding carboxylic acids is 1. The minimum absolute atomic E-state index is 0.206. The van der Waals surface area contributed by atoms with E-state index in [2.05, 4.69) is 15.4 Å². The lowest BCUT2D eigenvalue weighted by Crippen LogP contribution is -2.12. The summed E-state index contributed by atoms with van der Waals surface area (Å²) in [6.07, 6.45) is 1.76. The molecule has 4 aromatic rings. The van der Waals surface area contributed by atoms with Crippen LogP contribution in [0.4, 0.5) is 5.95 Å². The van der Waals surface area contributed by atoms with Gasteiger partial charge in [0.15, 0.2) is 5.65 Å². The van der Waals surface area contributed by atoms with Crippen molar-refractivity contribution in [1.82, 2.24) is 14.6 Å². The van der Waals surface area contributed by atoms with E-state index in [1.165, 1.54) is 0 Å². The smallest absolute Gasteiger partial charge is 0.258 e. The fourth-order valence-corrected chi connectivity index (χ4v) is 2.76. The van der Waals surface area contributed by atoms with Crippen molar-refractivity contribution in [1.29, 1.82) is 0 Å². The van der Waals surface area contributed by atoms with Gasteiger partial charge in [-0.25, -0.2) is 4.52 Å². The molecule has 0 saturated carbocycles. The number of rotatable bonds is 3. The Bertz CT molecular complexity index is 1110. The number of pyridine rings is 1. The minimum Gasteiger partial charge on any atom is -0.508 e. The zero-order valence-corrected chi connectivity index (χ0v) is 14.2. The number of nitrogens with one attached hydrogen (secondary N) is 1. The molecule has 0 saturated heterocycles. The summed E-state index contributed by atoms with van der Waals surface area (Å²) >= 11 is 5.91. The first-order valence-electron chi connectivity index (χ1n) is 7.81. The molecule has 0 spiro atoms. The zero-order chi connectivity index (χ0) is 18.1. The molecular formula is C19H13ClN4O2. The number of aromatic hydroxyl groups is 1. The van der Waals surface area contributed by atoms with Gasteiger partial charge in [0.05, 0.1) is 0 Å². The van der Waals surface area contributed by atoms with Gasteiger partial charge in [-0.3, -0.25) is 10.1 Å². The average Bonchev–Trinajstić information content (AvgIpc) is 3.03. The summed E-state index contributed by atoms with van der Waals surface area (Å²) < 4.78 is 1.58. The van der Waals surface area contributed by atoms with Crippen LogP contribution in [0.25, 0.3) is 16.8 Å². The molecule has 0 unspecified atom stereocenters. The maximum Gasteiger partial charge on any atom is 0.258 e. The highest BCUT2D eigenvalue weighted by Gasteiger charge is 2.11. The number of phenols is 1. The van der Waals surface area contributed by atoms with Crippen molar-refractivity contribution in [2.45, 2.75) is 0 Å². The maximum atomic E-state index is 12.3. The van der Waals surface area contributed by atoms with Crippen molar-refractivity contribution >= 4 is 29.1 Å². The molecule has 0 aliphatic carbocycles. The topological polar surface area (TPSA) is 79.5 Å². The number of hydrogen-bond donors (Lipinski definition) is 2. The SMILES string of the molecule is O=C(Nc1nc2cc(-c3ccc(O)cc3)ccn2n1)c1cccc(Cl)c1. The van der Waals surface area contributed by atoms with Crippen LogP contribution in [0.3, 0.4) is 0 Å². The number of fused-ring (bicyclic) bond motifs is 1. The molecular weight excluding hydrogens is 352 g/mol. The molecule has 0 atom stereocenters. The number of amides is 1. The Hall–Kier alpha value is -3.38. The highest BCUT2D eigenvalue weighted by molar-refractivity contribution is 6.31. The monoisotopic (exact) mass is 364 g/mol. The highest BCUT2D eigenvalue weighted by atomic mass is 35.5. The van der Waals surface area contributed by atoms with Crippen molar-refractivity contribution in [2.24, 2.45) is 0 Å². The second-order valence-electron chi connectivity index (χ2n) is 5.66. The van der Waals surface area contributed by atoms with Gasteiger partial charge in [-0.15, -0.1) is 5.10 Å². The van der Waals surface area contributed by atoms with E-state index >= 15 is 0 Å². The predicted molar refractivity (Wildman–Crippen MR) is 99.5 cm³/mol. The zero-order valence-electron chi connectivity index (χ0n) is 13.4. The molecule has 7 heteroatoms. The lowest BCUT2D eigenvalue weighted by atomic mass is 10.1. The van der Waals surface area contributed by atoms with E-state index in [0.29, 0.717) is 16.2 Å². The Labute approximate surface area is 153 Å². The number of halogens is 1. The largest absolute Gasteiger partial charge is 0.508 e. The molecule has 1 amide bonds. The molecule has 0 bridgehead atoms. The number of anilines is 1. The Morgan fingerprint density at radius 3 is 2.62 bits per heavy atom. The first-order valence-corrected chi connectivity index (χ1v) is 8.19. The molecule has 2 N–H and O–H groups in total. The number of carbonyl (C=O) groups is 1. The number of benzene rings is 2. The summed E-state index contributed by atoms with van der Waals surface area (Å²) in [6.45, 7) is 0. The Morgan fingerprint density at radius 1 is 1.04 bits per heavy atom. The molecule has 128 valence electrons. The van der Waals surface area contributed by atoms with Crippen molar-refractivity contribution in [2.75, 3.05) is 5.32 Å². The molecule has 6 nitrogen and oxygen atoms in total. The van der Waals surface area contributed by atoms with Crippen LogP contribution in [0.1, 0.15) is 10.4 Å². The van der Waals surface area contributed by atoms with Crippen LogP contribution in [-0.4, -0.2) is 25.6 Å². The summed E-state index contributed by atoms with van der Waals surface area (Å²) in [5, 5.41) is 16.8. The van der Waals surface area contributed by atoms with Gasteiger partial charge in [0, 0.05) is 16.8 Å². The predicted octanol–water partition coefficient (Wildman–Crippen LogP) is 4.01. The molecule has 4 rings (SSSR count). The quantitative estimate of drug-likeness (QED) is 0.575. The lowest BCUT2D eigenvalue weighted by molar-refractivity contribution is 0.102.